The van der Waals surface area contributed by atoms with E-state index in [1.165, 1.54) is 0 Å². The number of aliphatic carboxylic acids is 1. The summed E-state index contributed by atoms with van der Waals surface area (Å²) in [6.45, 7) is 3.81. The smallest absolute Gasteiger partial charge is 0.309 e. The molecule has 2 unspecified atom stereocenters. The third-order valence-corrected chi connectivity index (χ3v) is 2.07. The van der Waals surface area contributed by atoms with Gasteiger partial charge in [0.1, 0.15) is 0 Å². The first-order valence-electron chi connectivity index (χ1n) is 4.54. The van der Waals surface area contributed by atoms with Gasteiger partial charge in [-0.15, -0.1) is 0 Å². The summed E-state index contributed by atoms with van der Waals surface area (Å²) in [6, 6.07) is 0. The van der Waals surface area contributed by atoms with Crippen LogP contribution in [0.3, 0.4) is 0 Å². The maximum absolute atomic E-state index is 10.6. The van der Waals surface area contributed by atoms with E-state index in [2.05, 4.69) is 0 Å². The Kier molecular flexibility index (Phi) is 5.72. The van der Waals surface area contributed by atoms with Crippen molar-refractivity contribution in [2.45, 2.75) is 45.6 Å². The first kappa shape index (κ1) is 11.4. The van der Waals surface area contributed by atoms with Crippen molar-refractivity contribution in [1.29, 1.82) is 0 Å². The van der Waals surface area contributed by atoms with Crippen LogP contribution in [-0.4, -0.2) is 22.3 Å². The third kappa shape index (κ3) is 3.72. The van der Waals surface area contributed by atoms with E-state index in [4.69, 9.17) is 5.11 Å². The van der Waals surface area contributed by atoms with Gasteiger partial charge in [0.25, 0.3) is 0 Å². The van der Waals surface area contributed by atoms with Crippen LogP contribution in [0.2, 0.25) is 0 Å². The molecule has 3 heteroatoms. The highest BCUT2D eigenvalue weighted by molar-refractivity contribution is 5.70. The monoisotopic (exact) mass is 174 g/mol. The highest BCUT2D eigenvalue weighted by Crippen LogP contribution is 2.15. The fourth-order valence-electron chi connectivity index (χ4n) is 1.19. The number of carboxylic acid groups (broad SMARTS) is 1. The molecule has 0 saturated heterocycles. The molecule has 0 aliphatic carbocycles. The molecule has 0 rings (SSSR count). The highest BCUT2D eigenvalue weighted by atomic mass is 16.4. The van der Waals surface area contributed by atoms with Gasteiger partial charge in [-0.1, -0.05) is 26.7 Å². The van der Waals surface area contributed by atoms with E-state index in [1.807, 2.05) is 6.92 Å². The Hall–Kier alpha value is -0.570. The van der Waals surface area contributed by atoms with Crippen molar-refractivity contribution in [3.05, 3.63) is 0 Å². The van der Waals surface area contributed by atoms with Crippen molar-refractivity contribution < 1.29 is 15.0 Å². The van der Waals surface area contributed by atoms with Crippen LogP contribution in [0.4, 0.5) is 0 Å². The molecule has 0 aromatic carbocycles. The normalized spacial score (nSPS) is 15.6. The van der Waals surface area contributed by atoms with Gasteiger partial charge in [0, 0.05) is 0 Å². The Balaban J connectivity index is 3.94. The van der Waals surface area contributed by atoms with Gasteiger partial charge >= 0.3 is 5.97 Å². The number of carboxylic acids is 1. The van der Waals surface area contributed by atoms with E-state index >= 15 is 0 Å². The summed E-state index contributed by atoms with van der Waals surface area (Å²) in [6.07, 6.45) is 2.25. The molecular weight excluding hydrogens is 156 g/mol. The van der Waals surface area contributed by atoms with Gasteiger partial charge < -0.3 is 10.2 Å². The number of aliphatic hydroxyl groups excluding tert-OH is 1. The molecule has 0 spiro atoms. The molecular formula is C9H18O3. The summed E-state index contributed by atoms with van der Waals surface area (Å²) < 4.78 is 0. The lowest BCUT2D eigenvalue weighted by molar-refractivity contribution is -0.146. The molecule has 0 aliphatic heterocycles. The largest absolute Gasteiger partial charge is 0.481 e. The van der Waals surface area contributed by atoms with Gasteiger partial charge in [-0.05, 0) is 12.8 Å². The highest BCUT2D eigenvalue weighted by Gasteiger charge is 2.23. The lowest BCUT2D eigenvalue weighted by atomic mass is 9.95. The Bertz CT molecular complexity index is 134. The maximum atomic E-state index is 10.6. The van der Waals surface area contributed by atoms with E-state index in [1.54, 1.807) is 6.92 Å². The van der Waals surface area contributed by atoms with E-state index in [-0.39, 0.29) is 0 Å². The third-order valence-electron chi connectivity index (χ3n) is 2.07. The van der Waals surface area contributed by atoms with Crippen LogP contribution < -0.4 is 0 Å². The summed E-state index contributed by atoms with van der Waals surface area (Å²) in [4.78, 5) is 10.6. The lowest BCUT2D eigenvalue weighted by Crippen LogP contribution is -2.27. The van der Waals surface area contributed by atoms with E-state index < -0.39 is 18.0 Å². The van der Waals surface area contributed by atoms with E-state index in [9.17, 15) is 9.90 Å². The molecule has 0 radical (unpaired) electrons. The first-order valence-corrected chi connectivity index (χ1v) is 4.54. The van der Waals surface area contributed by atoms with Crippen molar-refractivity contribution >= 4 is 5.97 Å². The zero-order valence-corrected chi connectivity index (χ0v) is 7.79. The van der Waals surface area contributed by atoms with Crippen LogP contribution in [0.5, 0.6) is 0 Å². The number of unbranched alkanes of at least 4 members (excludes halogenated alkanes) is 1. The maximum Gasteiger partial charge on any atom is 0.309 e. The van der Waals surface area contributed by atoms with E-state index in [0.717, 1.165) is 12.8 Å². The molecule has 3 nitrogen and oxygen atoms in total. The molecule has 2 atom stereocenters. The molecule has 0 bridgehead atoms. The van der Waals surface area contributed by atoms with Gasteiger partial charge in [-0.25, -0.2) is 0 Å². The van der Waals surface area contributed by atoms with Crippen molar-refractivity contribution in [2.75, 3.05) is 0 Å². The van der Waals surface area contributed by atoms with Gasteiger partial charge in [0.2, 0.25) is 0 Å². The molecule has 0 saturated carbocycles. The molecule has 0 heterocycles. The number of hydrogen-bond donors (Lipinski definition) is 2. The first-order chi connectivity index (χ1) is 5.63. The second-order valence-electron chi connectivity index (χ2n) is 3.06. The van der Waals surface area contributed by atoms with Gasteiger partial charge in [0.05, 0.1) is 12.0 Å². The summed E-state index contributed by atoms with van der Waals surface area (Å²) in [5, 5.41) is 18.1. The van der Waals surface area contributed by atoms with Crippen LogP contribution >= 0.6 is 0 Å². The van der Waals surface area contributed by atoms with Gasteiger partial charge in [-0.2, -0.15) is 0 Å². The topological polar surface area (TPSA) is 57.5 Å². The zero-order chi connectivity index (χ0) is 9.56. The second kappa shape index (κ2) is 6.00. The van der Waals surface area contributed by atoms with Gasteiger partial charge in [0.15, 0.2) is 0 Å². The van der Waals surface area contributed by atoms with Crippen LogP contribution in [-0.2, 0) is 4.79 Å². The molecule has 0 aliphatic rings. The number of aliphatic hydroxyl groups is 1. The number of rotatable bonds is 6. The lowest BCUT2D eigenvalue weighted by Gasteiger charge is -2.16. The molecule has 12 heavy (non-hydrogen) atoms. The van der Waals surface area contributed by atoms with E-state index in [0.29, 0.717) is 12.8 Å². The summed E-state index contributed by atoms with van der Waals surface area (Å²) >= 11 is 0. The van der Waals surface area contributed by atoms with Gasteiger partial charge in [-0.3, -0.25) is 4.79 Å². The summed E-state index contributed by atoms with van der Waals surface area (Å²) in [5.74, 6) is -1.45. The van der Waals surface area contributed by atoms with Crippen molar-refractivity contribution in [1.82, 2.24) is 0 Å². The molecule has 2 N–H and O–H groups in total. The zero-order valence-electron chi connectivity index (χ0n) is 7.79. The molecule has 0 amide bonds. The van der Waals surface area contributed by atoms with Crippen LogP contribution in [0.1, 0.15) is 39.5 Å². The fourth-order valence-corrected chi connectivity index (χ4v) is 1.19. The predicted molar refractivity (Wildman–Crippen MR) is 46.9 cm³/mol. The Morgan fingerprint density at radius 1 is 1.42 bits per heavy atom. The van der Waals surface area contributed by atoms with Crippen molar-refractivity contribution in [2.24, 2.45) is 5.92 Å². The average molecular weight is 174 g/mol. The van der Waals surface area contributed by atoms with Crippen molar-refractivity contribution in [3.63, 3.8) is 0 Å². The summed E-state index contributed by atoms with van der Waals surface area (Å²) in [5.41, 5.74) is 0. The Morgan fingerprint density at radius 3 is 2.33 bits per heavy atom. The van der Waals surface area contributed by atoms with Crippen LogP contribution in [0, 0.1) is 5.92 Å². The number of carbonyl (C=O) groups is 1. The standard InChI is InChI=1S/C9H18O3/c1-3-5-6-7(9(11)12)8(10)4-2/h7-8,10H,3-6H2,1-2H3,(H,11,12). The average Bonchev–Trinajstić information content (AvgIpc) is 2.04. The molecule has 72 valence electrons. The quantitative estimate of drug-likeness (QED) is 0.643. The SMILES string of the molecule is CCCCC(C(=O)O)C(O)CC. The predicted octanol–water partition coefficient (Wildman–Crippen LogP) is 1.65. The minimum absolute atomic E-state index is 0.515. The minimum Gasteiger partial charge on any atom is -0.481 e. The van der Waals surface area contributed by atoms with Crippen molar-refractivity contribution in [3.8, 4) is 0 Å². The fraction of sp³-hybridized carbons (Fsp3) is 0.889. The molecule has 0 fully saturated rings. The minimum atomic E-state index is -0.877. The Labute approximate surface area is 73.4 Å². The Morgan fingerprint density at radius 2 is 2.00 bits per heavy atom. The molecule has 0 aromatic heterocycles. The molecule has 0 aromatic rings. The summed E-state index contributed by atoms with van der Waals surface area (Å²) in [7, 11) is 0. The van der Waals surface area contributed by atoms with Crippen LogP contribution in [0.25, 0.3) is 0 Å². The number of hydrogen-bond acceptors (Lipinski definition) is 2. The van der Waals surface area contributed by atoms with Crippen LogP contribution in [0.15, 0.2) is 0 Å². The second-order valence-corrected chi connectivity index (χ2v) is 3.06.